The van der Waals surface area contributed by atoms with Gasteiger partial charge in [0.2, 0.25) is 0 Å². The average molecular weight is 517 g/mol. The maximum absolute atomic E-state index is 10.8. The minimum absolute atomic E-state index is 0.141. The van der Waals surface area contributed by atoms with Crippen LogP contribution in [0.25, 0.3) is 11.1 Å². The highest BCUT2D eigenvalue weighted by Gasteiger charge is 2.16. The molecule has 0 aliphatic heterocycles. The van der Waals surface area contributed by atoms with Crippen LogP contribution in [-0.4, -0.2) is 29.2 Å². The van der Waals surface area contributed by atoms with Crippen molar-refractivity contribution >= 4 is 17.7 Å². The number of benzene rings is 3. The Morgan fingerprint density at radius 1 is 0.892 bits per heavy atom. The molecule has 5 heteroatoms. The Kier molecular flexibility index (Phi) is 11.5. The van der Waals surface area contributed by atoms with Gasteiger partial charge in [-0.25, -0.2) is 0 Å². The van der Waals surface area contributed by atoms with Crippen LogP contribution in [0.2, 0.25) is 0 Å². The first kappa shape index (κ1) is 28.2. The third-order valence-corrected chi connectivity index (χ3v) is 7.28. The van der Waals surface area contributed by atoms with E-state index < -0.39 is 5.97 Å². The second-order valence-electron chi connectivity index (χ2n) is 8.89. The van der Waals surface area contributed by atoms with Crippen LogP contribution in [0.15, 0.2) is 60.7 Å². The minimum atomic E-state index is -0.777. The van der Waals surface area contributed by atoms with E-state index in [1.165, 1.54) is 22.3 Å². The smallest absolute Gasteiger partial charge is 0.303 e. The van der Waals surface area contributed by atoms with Crippen molar-refractivity contribution in [2.24, 2.45) is 0 Å². The van der Waals surface area contributed by atoms with E-state index in [1.54, 1.807) is 0 Å². The van der Waals surface area contributed by atoms with E-state index in [0.29, 0.717) is 13.0 Å². The van der Waals surface area contributed by atoms with E-state index >= 15 is 0 Å². The van der Waals surface area contributed by atoms with Crippen molar-refractivity contribution in [2.75, 3.05) is 18.1 Å². The number of carboxylic acid groups (broad SMARTS) is 1. The van der Waals surface area contributed by atoms with Gasteiger partial charge in [-0.2, -0.15) is 11.8 Å². The predicted octanol–water partition coefficient (Wildman–Crippen LogP) is 7.21. The monoisotopic (exact) mass is 516 g/mol. The predicted molar refractivity (Wildman–Crippen MR) is 154 cm³/mol. The molecule has 0 aromatic heterocycles. The fraction of sp³-hybridized carbons (Fsp3) is 0.344. The van der Waals surface area contributed by atoms with E-state index in [-0.39, 0.29) is 6.42 Å². The average Bonchev–Trinajstić information content (AvgIpc) is 3.11. The molecular formula is C32H36O4S. The van der Waals surface area contributed by atoms with Gasteiger partial charge in [0, 0.05) is 6.42 Å². The molecule has 1 aliphatic carbocycles. The zero-order valence-corrected chi connectivity index (χ0v) is 22.4. The van der Waals surface area contributed by atoms with Gasteiger partial charge in [0.25, 0.3) is 0 Å². The second-order valence-corrected chi connectivity index (χ2v) is 10.3. The molecule has 0 unspecified atom stereocenters. The van der Waals surface area contributed by atoms with Crippen LogP contribution in [0.4, 0.5) is 0 Å². The number of rotatable bonds is 12. The molecule has 0 saturated heterocycles. The Morgan fingerprint density at radius 2 is 1.62 bits per heavy atom. The Balaban J connectivity index is 0.00000186. The van der Waals surface area contributed by atoms with Crippen molar-refractivity contribution in [1.82, 2.24) is 0 Å². The van der Waals surface area contributed by atoms with E-state index in [1.807, 2.05) is 36.0 Å². The molecule has 0 amide bonds. The van der Waals surface area contributed by atoms with Crippen molar-refractivity contribution in [3.05, 3.63) is 82.9 Å². The molecule has 0 spiro atoms. The number of aliphatic carboxylic acids is 1. The third-order valence-electron chi connectivity index (χ3n) is 6.30. The zero-order chi connectivity index (χ0) is 26.5. The molecule has 0 heterocycles. The topological polar surface area (TPSA) is 55.8 Å². The van der Waals surface area contributed by atoms with E-state index in [4.69, 9.17) is 14.6 Å². The largest absolute Gasteiger partial charge is 0.494 e. The molecule has 194 valence electrons. The van der Waals surface area contributed by atoms with E-state index in [9.17, 15) is 4.79 Å². The molecule has 3 aromatic carbocycles. The van der Waals surface area contributed by atoms with Gasteiger partial charge in [0.1, 0.15) is 18.1 Å². The highest BCUT2D eigenvalue weighted by atomic mass is 32.2. The molecule has 0 fully saturated rings. The summed E-state index contributed by atoms with van der Waals surface area (Å²) in [4.78, 5) is 10.8. The second kappa shape index (κ2) is 15.0. The maximum atomic E-state index is 10.8. The lowest BCUT2D eigenvalue weighted by atomic mass is 9.95. The molecule has 0 radical (unpaired) electrons. The van der Waals surface area contributed by atoms with Crippen LogP contribution >= 0.6 is 11.8 Å². The summed E-state index contributed by atoms with van der Waals surface area (Å²) in [5.74, 6) is 3.29. The van der Waals surface area contributed by atoms with E-state index in [0.717, 1.165) is 66.4 Å². The van der Waals surface area contributed by atoms with Crippen LogP contribution < -0.4 is 9.47 Å². The fourth-order valence-electron chi connectivity index (χ4n) is 4.45. The quantitative estimate of drug-likeness (QED) is 0.204. The van der Waals surface area contributed by atoms with Gasteiger partial charge in [-0.05, 0) is 107 Å². The van der Waals surface area contributed by atoms with Crippen LogP contribution in [0.5, 0.6) is 11.5 Å². The van der Waals surface area contributed by atoms with Crippen LogP contribution in [0.1, 0.15) is 48.4 Å². The highest BCUT2D eigenvalue weighted by molar-refractivity contribution is 7.99. The van der Waals surface area contributed by atoms with Crippen LogP contribution in [0.3, 0.4) is 0 Å². The summed E-state index contributed by atoms with van der Waals surface area (Å²) in [6, 6.07) is 20.9. The highest BCUT2D eigenvalue weighted by Crippen LogP contribution is 2.35. The summed E-state index contributed by atoms with van der Waals surface area (Å²) in [5.41, 5.74) is 7.49. The summed E-state index contributed by atoms with van der Waals surface area (Å²) < 4.78 is 12.1. The van der Waals surface area contributed by atoms with Gasteiger partial charge in [-0.3, -0.25) is 4.79 Å². The van der Waals surface area contributed by atoms with Crippen molar-refractivity contribution < 1.29 is 19.4 Å². The molecule has 4 rings (SSSR count). The summed E-state index contributed by atoms with van der Waals surface area (Å²) in [5, 5.41) is 8.84. The van der Waals surface area contributed by atoms with Crippen molar-refractivity contribution in [1.29, 1.82) is 0 Å². The molecule has 0 bridgehead atoms. The van der Waals surface area contributed by atoms with Gasteiger partial charge >= 0.3 is 5.97 Å². The third kappa shape index (κ3) is 8.61. The molecule has 0 atom stereocenters. The van der Waals surface area contributed by atoms with Crippen molar-refractivity contribution in [3.8, 4) is 35.5 Å². The number of fused-ring (bicyclic) bond motifs is 3. The van der Waals surface area contributed by atoms with Crippen molar-refractivity contribution in [3.63, 3.8) is 0 Å². The Bertz CT molecular complexity index is 1170. The Morgan fingerprint density at radius 3 is 2.38 bits per heavy atom. The number of carboxylic acids is 1. The number of aryl methyl sites for hydroxylation is 3. The Labute approximate surface area is 225 Å². The number of hydrogen-bond donors (Lipinski definition) is 1. The number of ether oxygens (including phenoxy) is 2. The zero-order valence-electron chi connectivity index (χ0n) is 21.6. The lowest BCUT2D eigenvalue weighted by molar-refractivity contribution is -0.136. The molecule has 4 nitrogen and oxygen atoms in total. The molecule has 37 heavy (non-hydrogen) atoms. The number of carbonyl (C=O) groups is 1. The number of terminal acetylenes is 1. The molecule has 1 N–H and O–H groups in total. The summed E-state index contributed by atoms with van der Waals surface area (Å²) in [7, 11) is 0. The van der Waals surface area contributed by atoms with Gasteiger partial charge < -0.3 is 14.6 Å². The SMILES string of the molecule is C#C.CCSCCCOc1ccc2c(c1)CCCc1ccc(COc3ccc(CCC(=O)O)cc3)cc1-2. The van der Waals surface area contributed by atoms with E-state index in [2.05, 4.69) is 56.2 Å². The normalized spacial score (nSPS) is 11.8. The number of thioether (sulfide) groups is 1. The number of hydrogen-bond acceptors (Lipinski definition) is 4. The maximum Gasteiger partial charge on any atom is 0.303 e. The van der Waals surface area contributed by atoms with Crippen LogP contribution in [-0.2, 0) is 30.7 Å². The van der Waals surface area contributed by atoms with Gasteiger partial charge in [-0.15, -0.1) is 12.8 Å². The summed E-state index contributed by atoms with van der Waals surface area (Å²) in [6.45, 7) is 3.45. The summed E-state index contributed by atoms with van der Waals surface area (Å²) >= 11 is 1.96. The fourth-order valence-corrected chi connectivity index (χ4v) is 5.06. The Hall–Kier alpha value is -3.36. The van der Waals surface area contributed by atoms with Crippen molar-refractivity contribution in [2.45, 2.75) is 52.1 Å². The lowest BCUT2D eigenvalue weighted by Crippen LogP contribution is -2.00. The minimum Gasteiger partial charge on any atom is -0.494 e. The van der Waals surface area contributed by atoms with Crippen LogP contribution in [0, 0.1) is 12.8 Å². The summed E-state index contributed by atoms with van der Waals surface area (Å²) in [6.07, 6.45) is 13.0. The van der Waals surface area contributed by atoms with Gasteiger partial charge in [0.05, 0.1) is 6.61 Å². The first-order valence-electron chi connectivity index (χ1n) is 12.8. The standard InChI is InChI=1S/C30H34O4S.C2H2/c1-2-35-18-4-17-33-27-14-15-28-25(20-27)6-3-5-24-11-7-23(19-29(24)28)21-34-26-12-8-22(9-13-26)10-16-30(31)32;1-2/h7-9,11-15,19-20H,2-6,10,16-18,21H2,1H3,(H,31,32);1-2H. The van der Waals surface area contributed by atoms with Gasteiger partial charge in [0.15, 0.2) is 0 Å². The molecule has 1 aliphatic rings. The molecule has 0 saturated carbocycles. The van der Waals surface area contributed by atoms with Gasteiger partial charge in [-0.1, -0.05) is 37.3 Å². The molecule has 3 aromatic rings. The lowest BCUT2D eigenvalue weighted by Gasteiger charge is -2.14. The first-order valence-corrected chi connectivity index (χ1v) is 14.0. The molecular weight excluding hydrogens is 480 g/mol. The first-order chi connectivity index (χ1) is 18.1.